The number of phosphoric acid groups is 3. The van der Waals surface area contributed by atoms with Crippen LogP contribution in [0.3, 0.4) is 0 Å². The van der Waals surface area contributed by atoms with Crippen molar-refractivity contribution in [1.82, 2.24) is 9.55 Å². The van der Waals surface area contributed by atoms with Gasteiger partial charge in [-0.25, -0.2) is 13.4 Å². The minimum Gasteiger partial charge on any atom is -0.778 e. The van der Waals surface area contributed by atoms with Crippen LogP contribution >= 0.6 is 31.1 Å². The van der Waals surface area contributed by atoms with Gasteiger partial charge in [0.25, 0.3) is 29.0 Å². The van der Waals surface area contributed by atoms with Crippen LogP contribution < -0.4 is 30.8 Å². The quantitative estimate of drug-likeness (QED) is 0.183. The topological polar surface area (TPSA) is 302 Å². The maximum absolute atomic E-state index is 12.4. The number of nitrogens with zero attached hydrogens (tertiary/aromatic N) is 1. The molecule has 2 heterocycles. The first-order valence-electron chi connectivity index (χ1n) is 11.7. The summed E-state index contributed by atoms with van der Waals surface area (Å²) in [6.07, 6.45) is -7.26. The average molecular weight is 684 g/mol. The highest BCUT2D eigenvalue weighted by Gasteiger charge is 2.45. The summed E-state index contributed by atoms with van der Waals surface area (Å²) in [5.74, 6) is 0. The Labute approximate surface area is 240 Å². The van der Waals surface area contributed by atoms with E-state index in [4.69, 9.17) is 4.74 Å². The number of aromatic amines is 1. The summed E-state index contributed by atoms with van der Waals surface area (Å²) in [4.78, 5) is 73.5. The summed E-state index contributed by atoms with van der Waals surface area (Å²) >= 11 is 0. The lowest BCUT2D eigenvalue weighted by atomic mass is 10.1. The molecule has 19 nitrogen and oxygen atoms in total. The fourth-order valence-electron chi connectivity index (χ4n) is 4.01. The van der Waals surface area contributed by atoms with Gasteiger partial charge in [0.2, 0.25) is 0 Å². The van der Waals surface area contributed by atoms with Crippen LogP contribution in [-0.4, -0.2) is 44.7 Å². The van der Waals surface area contributed by atoms with E-state index >= 15 is 0 Å². The lowest BCUT2D eigenvalue weighted by molar-refractivity contribution is -0.251. The van der Waals surface area contributed by atoms with Crippen LogP contribution in [0.4, 0.5) is 0 Å². The molecule has 0 aliphatic carbocycles. The Morgan fingerprint density at radius 3 is 2.16 bits per heavy atom. The lowest BCUT2D eigenvalue weighted by Crippen LogP contribution is -2.37. The lowest BCUT2D eigenvalue weighted by Gasteiger charge is -2.37. The summed E-state index contributed by atoms with van der Waals surface area (Å²) in [6.45, 7) is -1.24. The van der Waals surface area contributed by atoms with Crippen LogP contribution in [0.15, 0.2) is 64.3 Å². The number of H-pyrrole nitrogens is 1. The number of aromatic nitrogens is 2. The van der Waals surface area contributed by atoms with E-state index in [0.29, 0.717) is 15.3 Å². The maximum atomic E-state index is 12.4. The molecule has 0 amide bonds. The van der Waals surface area contributed by atoms with E-state index in [0.717, 1.165) is 12.3 Å². The molecule has 43 heavy (non-hydrogen) atoms. The maximum Gasteiger partial charge on any atom is 0.330 e. The van der Waals surface area contributed by atoms with Gasteiger partial charge in [0.05, 0.1) is 6.61 Å². The van der Waals surface area contributed by atoms with Crippen molar-refractivity contribution in [1.29, 1.82) is 0 Å². The molecule has 0 spiro atoms. The summed E-state index contributed by atoms with van der Waals surface area (Å²) < 4.78 is 69.7. The van der Waals surface area contributed by atoms with E-state index in [1.807, 2.05) is 4.98 Å². The SMILES string of the molecule is O=c1ccn([C@@H]2O[C@H](COP(=O)([O-])OP(=O)([O-])OP(=O)([O-])OP(=O)([O-])Cc3cccc4ccccc34)[C@H](O)C2O)c(=O)[nH]1. The van der Waals surface area contributed by atoms with Crippen molar-refractivity contribution in [2.24, 2.45) is 0 Å². The van der Waals surface area contributed by atoms with E-state index < -0.39 is 79.6 Å². The highest BCUT2D eigenvalue weighted by molar-refractivity contribution is 7.69. The summed E-state index contributed by atoms with van der Waals surface area (Å²) in [5, 5.41) is 21.3. The van der Waals surface area contributed by atoms with Gasteiger partial charge in [0.1, 0.15) is 25.9 Å². The number of hydrogen-bond donors (Lipinski definition) is 3. The van der Waals surface area contributed by atoms with Gasteiger partial charge in [-0.3, -0.25) is 32.4 Å². The van der Waals surface area contributed by atoms with Crippen LogP contribution in [0.1, 0.15) is 11.8 Å². The summed E-state index contributed by atoms with van der Waals surface area (Å²) in [7, 11) is -24.2. The van der Waals surface area contributed by atoms with Crippen molar-refractivity contribution in [2.45, 2.75) is 30.7 Å². The molecule has 23 heteroatoms. The Balaban J connectivity index is 1.36. The molecule has 236 valence electrons. The first-order chi connectivity index (χ1) is 19.9. The second-order valence-electron chi connectivity index (χ2n) is 8.85. The monoisotopic (exact) mass is 684 g/mol. The van der Waals surface area contributed by atoms with E-state index in [1.54, 1.807) is 30.3 Å². The average Bonchev–Trinajstić information content (AvgIpc) is 3.14. The van der Waals surface area contributed by atoms with Crippen LogP contribution in [0.25, 0.3) is 10.8 Å². The molecule has 1 aliphatic heterocycles. The fraction of sp³-hybridized carbons (Fsp3) is 0.300. The number of aliphatic hydroxyl groups excluding tert-OH is 2. The zero-order valence-corrected chi connectivity index (χ0v) is 24.8. The third-order valence-corrected chi connectivity index (χ3v) is 11.9. The normalized spacial score (nSPS) is 26.3. The zero-order chi connectivity index (χ0) is 31.8. The molecule has 3 aromatic rings. The van der Waals surface area contributed by atoms with Gasteiger partial charge in [-0.2, -0.15) is 0 Å². The summed E-state index contributed by atoms with van der Waals surface area (Å²) in [5.41, 5.74) is -1.75. The third kappa shape index (κ3) is 8.74. The van der Waals surface area contributed by atoms with Crippen LogP contribution in [0.5, 0.6) is 0 Å². The van der Waals surface area contributed by atoms with E-state index in [1.165, 1.54) is 12.1 Å². The standard InChI is InChI=1S/C20H24N2O17P4/c23-16-8-9-22(20(26)21-16)19-18(25)17(24)15(36-19)10-35-41(29,30)38-43(33,34)39-42(31,32)37-40(27,28)11-13-6-3-5-12-4-1-2-7-14(12)13/h1-9,15,17-19,24-25H,10-11H2,(H,27,28)(H,29,30)(H,31,32)(H,33,34)(H,21,23,26)/p-4/t15-,17+,18?,19-/m1/s1. The van der Waals surface area contributed by atoms with Crippen molar-refractivity contribution in [3.63, 3.8) is 0 Å². The predicted octanol–water partition coefficient (Wildman–Crippen LogP) is -1.47. The van der Waals surface area contributed by atoms with Gasteiger partial charge in [-0.15, -0.1) is 0 Å². The van der Waals surface area contributed by atoms with E-state index in [-0.39, 0.29) is 5.56 Å². The first kappa shape index (κ1) is 33.7. The number of ether oxygens (including phenoxy) is 1. The Morgan fingerprint density at radius 1 is 0.837 bits per heavy atom. The molecule has 1 saturated heterocycles. The molecule has 0 saturated carbocycles. The predicted molar refractivity (Wildman–Crippen MR) is 135 cm³/mol. The van der Waals surface area contributed by atoms with Crippen molar-refractivity contribution in [2.75, 3.05) is 6.61 Å². The molecular weight excluding hydrogens is 664 g/mol. The van der Waals surface area contributed by atoms with Gasteiger partial charge < -0.3 is 43.6 Å². The van der Waals surface area contributed by atoms with Gasteiger partial charge in [0.15, 0.2) is 6.23 Å². The number of nitrogens with one attached hydrogen (secondary N) is 1. The van der Waals surface area contributed by atoms with E-state index in [9.17, 15) is 57.6 Å². The fourth-order valence-corrected chi connectivity index (χ4v) is 9.40. The van der Waals surface area contributed by atoms with Gasteiger partial charge in [0, 0.05) is 18.4 Å². The Morgan fingerprint density at radius 2 is 1.47 bits per heavy atom. The number of rotatable bonds is 12. The highest BCUT2D eigenvalue weighted by atomic mass is 31.3. The van der Waals surface area contributed by atoms with Crippen molar-refractivity contribution in [3.8, 4) is 0 Å². The molecule has 4 rings (SSSR count). The number of benzene rings is 2. The van der Waals surface area contributed by atoms with Gasteiger partial charge >= 0.3 is 5.69 Å². The number of fused-ring (bicyclic) bond motifs is 1. The van der Waals surface area contributed by atoms with Gasteiger partial charge in [-0.05, 0) is 16.3 Å². The molecule has 3 N–H and O–H groups in total. The second kappa shape index (κ2) is 12.7. The minimum absolute atomic E-state index is 0.101. The van der Waals surface area contributed by atoms with Crippen LogP contribution in [-0.2, 0) is 46.6 Å². The second-order valence-corrected chi connectivity index (χ2v) is 15.3. The van der Waals surface area contributed by atoms with Crippen molar-refractivity contribution < 1.29 is 70.2 Å². The van der Waals surface area contributed by atoms with E-state index in [2.05, 4.69) is 17.5 Å². The van der Waals surface area contributed by atoms with Gasteiger partial charge in [-0.1, -0.05) is 42.5 Å². The van der Waals surface area contributed by atoms with Crippen LogP contribution in [0, 0.1) is 0 Å². The van der Waals surface area contributed by atoms with Crippen LogP contribution in [0.2, 0.25) is 0 Å². The minimum atomic E-state index is -6.45. The number of phosphoric ester groups is 1. The Hall–Kier alpha value is -2.14. The molecule has 1 fully saturated rings. The highest BCUT2D eigenvalue weighted by Crippen LogP contribution is 2.67. The molecular formula is C20H20N2O17P4-4. The Bertz CT molecular complexity index is 1800. The molecule has 5 unspecified atom stereocenters. The molecule has 2 aromatic carbocycles. The molecule has 8 atom stereocenters. The first-order valence-corrected chi connectivity index (χ1v) is 17.8. The molecule has 1 aromatic heterocycles. The molecule has 1 aliphatic rings. The largest absolute Gasteiger partial charge is 0.778 e. The smallest absolute Gasteiger partial charge is 0.330 e. The molecule has 0 bridgehead atoms. The van der Waals surface area contributed by atoms with Crippen molar-refractivity contribution in [3.05, 3.63) is 81.1 Å². The number of aliphatic hydroxyl groups is 2. The Kier molecular flexibility index (Phi) is 9.96. The third-order valence-electron chi connectivity index (χ3n) is 5.73. The van der Waals surface area contributed by atoms with Crippen molar-refractivity contribution >= 4 is 41.8 Å². The zero-order valence-electron chi connectivity index (χ0n) is 21.2. The number of hydrogen-bond acceptors (Lipinski definition) is 17. The molecule has 0 radical (unpaired) electrons. The summed E-state index contributed by atoms with van der Waals surface area (Å²) in [6, 6.07) is 11.8.